The highest BCUT2D eigenvalue weighted by atomic mass is 16.5. The van der Waals surface area contributed by atoms with Crippen molar-refractivity contribution < 1.29 is 4.74 Å². The lowest BCUT2D eigenvalue weighted by atomic mass is 10.0. The Balaban J connectivity index is 2.41. The Kier molecular flexibility index (Phi) is 2.36. The van der Waals surface area contributed by atoms with Gasteiger partial charge < -0.3 is 9.64 Å². The van der Waals surface area contributed by atoms with Gasteiger partial charge in [0.2, 0.25) is 0 Å². The van der Waals surface area contributed by atoms with Crippen LogP contribution in [0.15, 0.2) is 18.2 Å². The van der Waals surface area contributed by atoms with Crippen molar-refractivity contribution in [1.82, 2.24) is 0 Å². The van der Waals surface area contributed by atoms with Gasteiger partial charge in [-0.25, -0.2) is 0 Å². The van der Waals surface area contributed by atoms with Crippen LogP contribution >= 0.6 is 0 Å². The second kappa shape index (κ2) is 3.52. The molecule has 1 aliphatic rings. The van der Waals surface area contributed by atoms with Gasteiger partial charge >= 0.3 is 0 Å². The molecule has 2 heteroatoms. The molecule has 1 aromatic rings. The lowest BCUT2D eigenvalue weighted by Gasteiger charge is -2.28. The Labute approximate surface area is 85.5 Å². The van der Waals surface area contributed by atoms with Gasteiger partial charge in [-0.2, -0.15) is 0 Å². The van der Waals surface area contributed by atoms with Crippen molar-refractivity contribution in [2.45, 2.75) is 19.8 Å². The molecule has 0 fully saturated rings. The molecule has 0 unspecified atom stereocenters. The molecule has 76 valence electrons. The predicted octanol–water partition coefficient (Wildman–Crippen LogP) is 2.64. The molecule has 1 heterocycles. The van der Waals surface area contributed by atoms with E-state index in [1.807, 2.05) is 0 Å². The van der Waals surface area contributed by atoms with Crippen LogP contribution in [0.5, 0.6) is 5.75 Å². The maximum absolute atomic E-state index is 5.59. The van der Waals surface area contributed by atoms with Crippen molar-refractivity contribution in [3.8, 4) is 5.75 Å². The van der Waals surface area contributed by atoms with Crippen molar-refractivity contribution in [2.24, 2.45) is 0 Å². The minimum atomic E-state index is 0.579. The van der Waals surface area contributed by atoms with Gasteiger partial charge in [0.15, 0.2) is 0 Å². The monoisotopic (exact) mass is 191 g/mol. The molecule has 0 N–H and O–H groups in total. The fourth-order valence-electron chi connectivity index (χ4n) is 1.73. The summed E-state index contributed by atoms with van der Waals surface area (Å²) >= 11 is 0. The molecule has 0 saturated carbocycles. The topological polar surface area (TPSA) is 12.5 Å². The summed E-state index contributed by atoms with van der Waals surface area (Å²) in [5.74, 6) is 1.60. The zero-order valence-corrected chi connectivity index (χ0v) is 9.08. The number of anilines is 1. The van der Waals surface area contributed by atoms with Crippen LogP contribution in [-0.4, -0.2) is 20.2 Å². The van der Waals surface area contributed by atoms with E-state index in [4.69, 9.17) is 4.74 Å². The van der Waals surface area contributed by atoms with E-state index >= 15 is 0 Å². The third-order valence-corrected chi connectivity index (χ3v) is 2.75. The minimum absolute atomic E-state index is 0.579. The van der Waals surface area contributed by atoms with Gasteiger partial charge in [0.1, 0.15) is 12.4 Å². The van der Waals surface area contributed by atoms with E-state index < -0.39 is 0 Å². The Morgan fingerprint density at radius 3 is 2.86 bits per heavy atom. The molecule has 0 aromatic heterocycles. The fraction of sp³-hybridized carbons (Fsp3) is 0.500. The summed E-state index contributed by atoms with van der Waals surface area (Å²) in [5, 5.41) is 0. The molecule has 0 spiro atoms. The number of hydrogen-bond donors (Lipinski definition) is 0. The van der Waals surface area contributed by atoms with Crippen LogP contribution in [0.2, 0.25) is 0 Å². The van der Waals surface area contributed by atoms with Gasteiger partial charge in [0.25, 0.3) is 0 Å². The average molecular weight is 191 g/mol. The summed E-state index contributed by atoms with van der Waals surface area (Å²) in [6.45, 7) is 6.20. The molecule has 1 aromatic carbocycles. The molecule has 14 heavy (non-hydrogen) atoms. The van der Waals surface area contributed by atoms with Gasteiger partial charge in [0.05, 0.1) is 12.2 Å². The lowest BCUT2D eigenvalue weighted by Crippen LogP contribution is -2.28. The first-order valence-electron chi connectivity index (χ1n) is 5.16. The van der Waals surface area contributed by atoms with E-state index in [0.29, 0.717) is 5.92 Å². The number of ether oxygens (including phenoxy) is 1. The first-order valence-corrected chi connectivity index (χ1v) is 5.16. The zero-order valence-electron chi connectivity index (χ0n) is 9.08. The molecule has 0 radical (unpaired) electrons. The molecule has 1 aliphatic heterocycles. The van der Waals surface area contributed by atoms with Crippen molar-refractivity contribution in [3.63, 3.8) is 0 Å². The molecule has 2 rings (SSSR count). The fourth-order valence-corrected chi connectivity index (χ4v) is 1.73. The first kappa shape index (κ1) is 9.38. The molecule has 0 bridgehead atoms. The van der Waals surface area contributed by atoms with Crippen molar-refractivity contribution in [1.29, 1.82) is 0 Å². The Bertz CT molecular complexity index is 333. The normalized spacial score (nSPS) is 15.3. The number of nitrogens with zero attached hydrogens (tertiary/aromatic N) is 1. The minimum Gasteiger partial charge on any atom is -0.490 e. The molecule has 0 saturated heterocycles. The number of hydrogen-bond acceptors (Lipinski definition) is 2. The van der Waals surface area contributed by atoms with Crippen LogP contribution in [-0.2, 0) is 0 Å². The Hall–Kier alpha value is -1.18. The van der Waals surface area contributed by atoms with Crippen molar-refractivity contribution >= 4 is 5.69 Å². The number of rotatable bonds is 1. The standard InChI is InChI=1S/C12H17NO/c1-9(2)10-4-5-12-11(8-10)13(3)6-7-14-12/h4-5,8-9H,6-7H2,1-3H3. The van der Waals surface area contributed by atoms with Gasteiger partial charge in [-0.15, -0.1) is 0 Å². The Morgan fingerprint density at radius 2 is 2.14 bits per heavy atom. The maximum Gasteiger partial charge on any atom is 0.142 e. The van der Waals surface area contributed by atoms with E-state index in [1.54, 1.807) is 0 Å². The van der Waals surface area contributed by atoms with Gasteiger partial charge in [-0.1, -0.05) is 19.9 Å². The summed E-state index contributed by atoms with van der Waals surface area (Å²) in [6, 6.07) is 6.47. The third-order valence-electron chi connectivity index (χ3n) is 2.75. The number of fused-ring (bicyclic) bond motifs is 1. The highest BCUT2D eigenvalue weighted by Gasteiger charge is 2.15. The lowest BCUT2D eigenvalue weighted by molar-refractivity contribution is 0.311. The van der Waals surface area contributed by atoms with E-state index in [1.165, 1.54) is 11.3 Å². The third kappa shape index (κ3) is 1.57. The van der Waals surface area contributed by atoms with E-state index in [-0.39, 0.29) is 0 Å². The number of likely N-dealkylation sites (N-methyl/N-ethyl adjacent to an activating group) is 1. The van der Waals surface area contributed by atoms with Crippen LogP contribution in [0.25, 0.3) is 0 Å². The van der Waals surface area contributed by atoms with Crippen LogP contribution in [0.4, 0.5) is 5.69 Å². The van der Waals surface area contributed by atoms with Crippen molar-refractivity contribution in [2.75, 3.05) is 25.1 Å². The Morgan fingerprint density at radius 1 is 1.36 bits per heavy atom. The van der Waals surface area contributed by atoms with Gasteiger partial charge in [-0.05, 0) is 23.6 Å². The molecular formula is C12H17NO. The smallest absolute Gasteiger partial charge is 0.142 e. The van der Waals surface area contributed by atoms with E-state index in [0.717, 1.165) is 18.9 Å². The first-order chi connectivity index (χ1) is 6.68. The summed E-state index contributed by atoms with van der Waals surface area (Å²) in [6.07, 6.45) is 0. The second-order valence-corrected chi connectivity index (χ2v) is 4.15. The number of benzene rings is 1. The second-order valence-electron chi connectivity index (χ2n) is 4.15. The molecule has 0 atom stereocenters. The molecular weight excluding hydrogens is 174 g/mol. The van der Waals surface area contributed by atoms with Crippen LogP contribution < -0.4 is 9.64 Å². The highest BCUT2D eigenvalue weighted by molar-refractivity contribution is 5.61. The zero-order chi connectivity index (χ0) is 10.1. The summed E-state index contributed by atoms with van der Waals surface area (Å²) < 4.78 is 5.59. The quantitative estimate of drug-likeness (QED) is 0.676. The molecule has 0 amide bonds. The summed E-state index contributed by atoms with van der Waals surface area (Å²) in [5.41, 5.74) is 2.60. The predicted molar refractivity (Wildman–Crippen MR) is 59.3 cm³/mol. The van der Waals surface area contributed by atoms with Crippen LogP contribution in [0.1, 0.15) is 25.3 Å². The average Bonchev–Trinajstić information content (AvgIpc) is 2.18. The van der Waals surface area contributed by atoms with Crippen LogP contribution in [0.3, 0.4) is 0 Å². The van der Waals surface area contributed by atoms with E-state index in [9.17, 15) is 0 Å². The highest BCUT2D eigenvalue weighted by Crippen LogP contribution is 2.33. The van der Waals surface area contributed by atoms with Gasteiger partial charge in [0, 0.05) is 7.05 Å². The van der Waals surface area contributed by atoms with Gasteiger partial charge in [-0.3, -0.25) is 0 Å². The van der Waals surface area contributed by atoms with E-state index in [2.05, 4.69) is 44.0 Å². The van der Waals surface area contributed by atoms with Crippen molar-refractivity contribution in [3.05, 3.63) is 23.8 Å². The SMILES string of the molecule is CC(C)c1ccc2c(c1)N(C)CCO2. The molecule has 0 aliphatic carbocycles. The largest absolute Gasteiger partial charge is 0.490 e. The summed E-state index contributed by atoms with van der Waals surface area (Å²) in [7, 11) is 2.12. The van der Waals surface area contributed by atoms with Crippen LogP contribution in [0, 0.1) is 0 Å². The summed E-state index contributed by atoms with van der Waals surface area (Å²) in [4.78, 5) is 2.25. The molecule has 2 nitrogen and oxygen atoms in total. The maximum atomic E-state index is 5.59.